The summed E-state index contributed by atoms with van der Waals surface area (Å²) in [6.07, 6.45) is 1.00. The lowest BCUT2D eigenvalue weighted by Gasteiger charge is -2.24. The van der Waals surface area contributed by atoms with Gasteiger partial charge in [0.1, 0.15) is 11.5 Å². The van der Waals surface area contributed by atoms with Crippen LogP contribution in [-0.4, -0.2) is 29.7 Å². The zero-order chi connectivity index (χ0) is 10.7. The van der Waals surface area contributed by atoms with Gasteiger partial charge < -0.3 is 9.84 Å². The molecule has 1 N–H and O–H groups in total. The Balaban J connectivity index is 2.10. The highest BCUT2D eigenvalue weighted by Crippen LogP contribution is 2.21. The van der Waals surface area contributed by atoms with Crippen LogP contribution in [0.1, 0.15) is 30.9 Å². The van der Waals surface area contributed by atoms with Gasteiger partial charge in [0.05, 0.1) is 0 Å². The number of nitrogens with zero attached hydrogens (tertiary/aromatic N) is 2. The largest absolute Gasteiger partial charge is 0.361 e. The Kier molecular flexibility index (Phi) is 3.38. The number of aromatic nitrogens is 1. The molecule has 2 rings (SSSR count). The van der Waals surface area contributed by atoms with Gasteiger partial charge in [-0.3, -0.25) is 4.90 Å². The highest BCUT2D eigenvalue weighted by atomic mass is 16.5. The lowest BCUT2D eigenvalue weighted by molar-refractivity contribution is 0.247. The number of hydrogen-bond donors (Lipinski definition) is 1. The maximum absolute atomic E-state index is 5.36. The van der Waals surface area contributed by atoms with Gasteiger partial charge in [-0.15, -0.1) is 0 Å². The maximum Gasteiger partial charge on any atom is 0.142 e. The zero-order valence-corrected chi connectivity index (χ0v) is 9.55. The summed E-state index contributed by atoms with van der Waals surface area (Å²) in [4.78, 5) is 2.43. The van der Waals surface area contributed by atoms with Crippen LogP contribution in [0.5, 0.6) is 0 Å². The van der Waals surface area contributed by atoms with Gasteiger partial charge in [-0.25, -0.2) is 0 Å². The fourth-order valence-corrected chi connectivity index (χ4v) is 1.97. The molecule has 0 saturated carbocycles. The van der Waals surface area contributed by atoms with E-state index in [-0.39, 0.29) is 0 Å². The molecule has 0 bridgehead atoms. The predicted molar refractivity (Wildman–Crippen MR) is 58.5 cm³/mol. The van der Waals surface area contributed by atoms with E-state index in [1.165, 1.54) is 5.56 Å². The molecule has 4 nitrogen and oxygen atoms in total. The minimum absolute atomic E-state index is 0.826. The first-order valence-corrected chi connectivity index (χ1v) is 5.74. The van der Waals surface area contributed by atoms with Gasteiger partial charge in [-0.05, 0) is 13.1 Å². The molecule has 0 amide bonds. The van der Waals surface area contributed by atoms with Crippen molar-refractivity contribution in [2.45, 2.75) is 33.4 Å². The summed E-state index contributed by atoms with van der Waals surface area (Å²) in [5.74, 6) is 1.09. The van der Waals surface area contributed by atoms with Crippen LogP contribution in [0.15, 0.2) is 4.52 Å². The number of fused-ring (bicyclic) bond motifs is 1. The Bertz CT molecular complexity index is 322. The molecule has 0 unspecified atom stereocenters. The fraction of sp³-hybridized carbons (Fsp3) is 0.727. The Labute approximate surface area is 90.6 Å². The Morgan fingerprint density at radius 2 is 2.33 bits per heavy atom. The first kappa shape index (κ1) is 10.6. The maximum atomic E-state index is 5.36. The van der Waals surface area contributed by atoms with Crippen LogP contribution in [0, 0.1) is 0 Å². The van der Waals surface area contributed by atoms with Gasteiger partial charge in [-0.2, -0.15) is 0 Å². The molecule has 1 aromatic heterocycles. The second kappa shape index (κ2) is 4.77. The summed E-state index contributed by atoms with van der Waals surface area (Å²) >= 11 is 0. The van der Waals surface area contributed by atoms with Crippen LogP contribution in [0.25, 0.3) is 0 Å². The molecule has 0 fully saturated rings. The molecule has 84 valence electrons. The average Bonchev–Trinajstić information content (AvgIpc) is 2.68. The van der Waals surface area contributed by atoms with Gasteiger partial charge in [0, 0.05) is 31.6 Å². The molecule has 15 heavy (non-hydrogen) atoms. The van der Waals surface area contributed by atoms with E-state index in [1.54, 1.807) is 0 Å². The van der Waals surface area contributed by atoms with E-state index in [0.29, 0.717) is 0 Å². The quantitative estimate of drug-likeness (QED) is 0.808. The first-order valence-electron chi connectivity index (χ1n) is 5.74. The fourth-order valence-electron chi connectivity index (χ4n) is 1.97. The third-order valence-electron chi connectivity index (χ3n) is 2.98. The molecule has 2 heterocycles. The molecule has 0 spiro atoms. The summed E-state index contributed by atoms with van der Waals surface area (Å²) in [6.45, 7) is 9.29. The minimum Gasteiger partial charge on any atom is -0.361 e. The van der Waals surface area contributed by atoms with Crippen molar-refractivity contribution in [3.05, 3.63) is 17.0 Å². The molecule has 1 aromatic rings. The third kappa shape index (κ3) is 2.21. The van der Waals surface area contributed by atoms with Gasteiger partial charge in [0.2, 0.25) is 0 Å². The predicted octanol–water partition coefficient (Wildman–Crippen LogP) is 1.16. The number of rotatable bonds is 4. The average molecular weight is 209 g/mol. The van der Waals surface area contributed by atoms with Crippen LogP contribution >= 0.6 is 0 Å². The van der Waals surface area contributed by atoms with Crippen molar-refractivity contribution >= 4 is 0 Å². The van der Waals surface area contributed by atoms with Crippen LogP contribution in [0.2, 0.25) is 0 Å². The highest BCUT2D eigenvalue weighted by molar-refractivity contribution is 5.25. The summed E-state index contributed by atoms with van der Waals surface area (Å²) < 4.78 is 5.36. The van der Waals surface area contributed by atoms with Crippen molar-refractivity contribution < 1.29 is 4.52 Å². The monoisotopic (exact) mass is 209 g/mol. The molecular weight excluding hydrogens is 190 g/mol. The highest BCUT2D eigenvalue weighted by Gasteiger charge is 2.22. The van der Waals surface area contributed by atoms with Gasteiger partial charge in [0.25, 0.3) is 0 Å². The second-order valence-electron chi connectivity index (χ2n) is 3.93. The molecule has 4 heteroatoms. The molecule has 0 radical (unpaired) electrons. The Hall–Kier alpha value is -0.870. The number of hydrogen-bond acceptors (Lipinski definition) is 4. The van der Waals surface area contributed by atoms with E-state index in [4.69, 9.17) is 4.52 Å². The molecule has 0 aromatic carbocycles. The van der Waals surface area contributed by atoms with Gasteiger partial charge >= 0.3 is 0 Å². The summed E-state index contributed by atoms with van der Waals surface area (Å²) in [7, 11) is 0. The molecule has 0 aliphatic carbocycles. The summed E-state index contributed by atoms with van der Waals surface area (Å²) in [5.41, 5.74) is 2.40. The number of nitrogens with one attached hydrogen (secondary N) is 1. The van der Waals surface area contributed by atoms with Crippen molar-refractivity contribution in [3.63, 3.8) is 0 Å². The van der Waals surface area contributed by atoms with Crippen LogP contribution < -0.4 is 5.32 Å². The smallest absolute Gasteiger partial charge is 0.142 e. The SMILES string of the molecule is CCNCc1noc2c1CN(CC)CC2. The Morgan fingerprint density at radius 3 is 3.07 bits per heavy atom. The van der Waals surface area contributed by atoms with E-state index < -0.39 is 0 Å². The summed E-state index contributed by atoms with van der Waals surface area (Å²) in [5, 5.41) is 7.43. The second-order valence-corrected chi connectivity index (χ2v) is 3.93. The normalized spacial score (nSPS) is 16.7. The van der Waals surface area contributed by atoms with E-state index in [1.807, 2.05) is 0 Å². The van der Waals surface area contributed by atoms with Crippen LogP contribution in [-0.2, 0) is 19.5 Å². The lowest BCUT2D eigenvalue weighted by Crippen LogP contribution is -2.30. The van der Waals surface area contributed by atoms with E-state index in [2.05, 4.69) is 29.2 Å². The van der Waals surface area contributed by atoms with E-state index in [0.717, 1.165) is 50.6 Å². The van der Waals surface area contributed by atoms with Crippen molar-refractivity contribution in [1.29, 1.82) is 0 Å². The topological polar surface area (TPSA) is 41.3 Å². The first-order chi connectivity index (χ1) is 7.35. The zero-order valence-electron chi connectivity index (χ0n) is 9.55. The standard InChI is InChI=1S/C11H19N3O/c1-3-12-7-10-9-8-14(4-2)6-5-11(9)15-13-10/h12H,3-8H2,1-2H3. The van der Waals surface area contributed by atoms with Crippen molar-refractivity contribution in [2.24, 2.45) is 0 Å². The summed E-state index contributed by atoms with van der Waals surface area (Å²) in [6, 6.07) is 0. The molecular formula is C11H19N3O. The lowest BCUT2D eigenvalue weighted by atomic mass is 10.1. The van der Waals surface area contributed by atoms with Crippen LogP contribution in [0.4, 0.5) is 0 Å². The molecule has 0 atom stereocenters. The van der Waals surface area contributed by atoms with Crippen LogP contribution in [0.3, 0.4) is 0 Å². The van der Waals surface area contributed by atoms with Gasteiger partial charge in [-0.1, -0.05) is 19.0 Å². The molecule has 1 aliphatic heterocycles. The van der Waals surface area contributed by atoms with Crippen molar-refractivity contribution in [2.75, 3.05) is 19.6 Å². The van der Waals surface area contributed by atoms with E-state index in [9.17, 15) is 0 Å². The third-order valence-corrected chi connectivity index (χ3v) is 2.98. The number of likely N-dealkylation sites (N-methyl/N-ethyl adjacent to an activating group) is 1. The van der Waals surface area contributed by atoms with E-state index >= 15 is 0 Å². The minimum atomic E-state index is 0.826. The van der Waals surface area contributed by atoms with Crippen molar-refractivity contribution in [1.82, 2.24) is 15.4 Å². The Morgan fingerprint density at radius 1 is 1.47 bits per heavy atom. The van der Waals surface area contributed by atoms with Crippen molar-refractivity contribution in [3.8, 4) is 0 Å². The van der Waals surface area contributed by atoms with Gasteiger partial charge in [0.15, 0.2) is 0 Å². The molecule has 1 aliphatic rings. The molecule has 0 saturated heterocycles.